The van der Waals surface area contributed by atoms with Crippen molar-refractivity contribution in [2.24, 2.45) is 0 Å². The number of aromatic nitrogens is 2. The van der Waals surface area contributed by atoms with Crippen molar-refractivity contribution in [3.63, 3.8) is 0 Å². The van der Waals surface area contributed by atoms with Crippen LogP contribution in [0.2, 0.25) is 5.02 Å². The van der Waals surface area contributed by atoms with Gasteiger partial charge in [0.25, 0.3) is 0 Å². The largest absolute Gasteiger partial charge is 0.490 e. The molecule has 1 atom stereocenters. The zero-order valence-electron chi connectivity index (χ0n) is 15.3. The molecule has 1 aliphatic heterocycles. The third kappa shape index (κ3) is 5.53. The van der Waals surface area contributed by atoms with E-state index in [1.807, 2.05) is 6.92 Å². The van der Waals surface area contributed by atoms with Crippen LogP contribution in [0.1, 0.15) is 5.69 Å². The van der Waals surface area contributed by atoms with Crippen LogP contribution in [0.3, 0.4) is 0 Å². The Morgan fingerprint density at radius 1 is 1.37 bits per heavy atom. The molecule has 1 aromatic heterocycles. The van der Waals surface area contributed by atoms with Gasteiger partial charge >= 0.3 is 6.03 Å². The number of rotatable bonds is 5. The predicted octanol–water partition coefficient (Wildman–Crippen LogP) is 2.36. The van der Waals surface area contributed by atoms with Gasteiger partial charge in [0.1, 0.15) is 12.4 Å². The number of ether oxygens (including phenoxy) is 1. The van der Waals surface area contributed by atoms with Crippen molar-refractivity contribution in [2.45, 2.75) is 13.0 Å². The Morgan fingerprint density at radius 3 is 2.96 bits per heavy atom. The Kier molecular flexibility index (Phi) is 6.44. The second-order valence-electron chi connectivity index (χ2n) is 6.41. The van der Waals surface area contributed by atoms with Crippen LogP contribution >= 0.6 is 11.6 Å². The van der Waals surface area contributed by atoms with E-state index in [2.05, 4.69) is 37.9 Å². The minimum atomic E-state index is -0.447. The van der Waals surface area contributed by atoms with E-state index in [4.69, 9.17) is 16.3 Å². The van der Waals surface area contributed by atoms with Crippen LogP contribution in [-0.4, -0.2) is 60.2 Å². The monoisotopic (exact) mass is 390 g/mol. The van der Waals surface area contributed by atoms with Crippen molar-refractivity contribution >= 4 is 29.1 Å². The number of halogens is 1. The molecule has 0 saturated carbocycles. The molecule has 8 nitrogen and oxygen atoms in total. The lowest BCUT2D eigenvalue weighted by atomic mass is 10.2. The summed E-state index contributed by atoms with van der Waals surface area (Å²) >= 11 is 6.08. The SMILES string of the molecule is Cc1cnc(NC(=O)Nc2cc(Cl)ccc2OCC2CNCCN2C)cn1. The normalized spacial score (nSPS) is 17.4. The molecule has 1 unspecified atom stereocenters. The molecule has 2 heterocycles. The van der Waals surface area contributed by atoms with E-state index in [0.29, 0.717) is 28.9 Å². The van der Waals surface area contributed by atoms with Crippen LogP contribution < -0.4 is 20.7 Å². The number of nitrogens with zero attached hydrogens (tertiary/aromatic N) is 3. The number of urea groups is 1. The first-order valence-electron chi connectivity index (χ1n) is 8.71. The molecule has 3 rings (SSSR count). The molecule has 0 radical (unpaired) electrons. The van der Waals surface area contributed by atoms with E-state index in [0.717, 1.165) is 25.3 Å². The molecule has 1 aromatic carbocycles. The Hall–Kier alpha value is -2.42. The summed E-state index contributed by atoms with van der Waals surface area (Å²) < 4.78 is 5.96. The summed E-state index contributed by atoms with van der Waals surface area (Å²) in [6.45, 7) is 5.14. The first-order valence-corrected chi connectivity index (χ1v) is 9.09. The number of likely N-dealkylation sites (N-methyl/N-ethyl adjacent to an activating group) is 1. The van der Waals surface area contributed by atoms with E-state index in [9.17, 15) is 4.79 Å². The van der Waals surface area contributed by atoms with E-state index in [1.54, 1.807) is 24.4 Å². The first kappa shape index (κ1) is 19.3. The molecule has 1 fully saturated rings. The molecule has 0 bridgehead atoms. The highest BCUT2D eigenvalue weighted by Crippen LogP contribution is 2.28. The summed E-state index contributed by atoms with van der Waals surface area (Å²) in [5.74, 6) is 0.918. The van der Waals surface area contributed by atoms with Crippen molar-refractivity contribution in [3.05, 3.63) is 41.3 Å². The number of nitrogens with one attached hydrogen (secondary N) is 3. The average Bonchev–Trinajstić information content (AvgIpc) is 2.64. The molecule has 3 N–H and O–H groups in total. The molecule has 2 amide bonds. The maximum Gasteiger partial charge on any atom is 0.325 e. The van der Waals surface area contributed by atoms with Gasteiger partial charge in [-0.25, -0.2) is 9.78 Å². The summed E-state index contributed by atoms with van der Waals surface area (Å²) in [6.07, 6.45) is 3.08. The summed E-state index contributed by atoms with van der Waals surface area (Å²) in [5, 5.41) is 9.25. The van der Waals surface area contributed by atoms with Gasteiger partial charge in [-0.1, -0.05) is 11.6 Å². The molecule has 1 aliphatic rings. The van der Waals surface area contributed by atoms with Crippen LogP contribution in [0.5, 0.6) is 5.75 Å². The van der Waals surface area contributed by atoms with Gasteiger partial charge in [0.15, 0.2) is 5.82 Å². The fraction of sp³-hybridized carbons (Fsp3) is 0.389. The fourth-order valence-electron chi connectivity index (χ4n) is 2.69. The van der Waals surface area contributed by atoms with Crippen molar-refractivity contribution in [1.82, 2.24) is 20.2 Å². The van der Waals surface area contributed by atoms with Crippen LogP contribution in [0, 0.1) is 6.92 Å². The Morgan fingerprint density at radius 2 is 2.22 bits per heavy atom. The quantitative estimate of drug-likeness (QED) is 0.726. The summed E-state index contributed by atoms with van der Waals surface area (Å²) in [6, 6.07) is 4.95. The highest BCUT2D eigenvalue weighted by molar-refractivity contribution is 6.31. The second-order valence-corrected chi connectivity index (χ2v) is 6.85. The van der Waals surface area contributed by atoms with Crippen molar-refractivity contribution < 1.29 is 9.53 Å². The Balaban J connectivity index is 1.64. The number of hydrogen-bond acceptors (Lipinski definition) is 6. The van der Waals surface area contributed by atoms with Crippen molar-refractivity contribution in [2.75, 3.05) is 43.9 Å². The molecular weight excluding hydrogens is 368 g/mol. The predicted molar refractivity (Wildman–Crippen MR) is 106 cm³/mol. The highest BCUT2D eigenvalue weighted by Gasteiger charge is 2.20. The Labute approximate surface area is 163 Å². The zero-order chi connectivity index (χ0) is 19.2. The van der Waals surface area contributed by atoms with Crippen LogP contribution in [0.25, 0.3) is 0 Å². The molecular formula is C18H23ClN6O2. The third-order valence-corrected chi connectivity index (χ3v) is 4.52. The number of amides is 2. The molecule has 0 aliphatic carbocycles. The molecule has 9 heteroatoms. The zero-order valence-corrected chi connectivity index (χ0v) is 16.1. The molecule has 2 aromatic rings. The van der Waals surface area contributed by atoms with Gasteiger partial charge in [-0.15, -0.1) is 0 Å². The topological polar surface area (TPSA) is 91.4 Å². The van der Waals surface area contributed by atoms with Gasteiger partial charge in [-0.2, -0.15) is 0 Å². The maximum absolute atomic E-state index is 12.3. The molecule has 0 spiro atoms. The lowest BCUT2D eigenvalue weighted by molar-refractivity contribution is 0.136. The maximum atomic E-state index is 12.3. The summed E-state index contributed by atoms with van der Waals surface area (Å²) in [4.78, 5) is 22.7. The fourth-order valence-corrected chi connectivity index (χ4v) is 2.86. The lowest BCUT2D eigenvalue weighted by Gasteiger charge is -2.32. The molecule has 27 heavy (non-hydrogen) atoms. The molecule has 1 saturated heterocycles. The van der Waals surface area contributed by atoms with Gasteiger partial charge in [0.05, 0.1) is 29.8 Å². The first-order chi connectivity index (χ1) is 13.0. The third-order valence-electron chi connectivity index (χ3n) is 4.29. The van der Waals surface area contributed by atoms with Crippen molar-refractivity contribution in [3.8, 4) is 5.75 Å². The van der Waals surface area contributed by atoms with Crippen LogP contribution in [0.15, 0.2) is 30.6 Å². The number of aryl methyl sites for hydroxylation is 1. The van der Waals surface area contributed by atoms with Gasteiger partial charge < -0.3 is 15.4 Å². The van der Waals surface area contributed by atoms with E-state index in [1.165, 1.54) is 6.20 Å². The van der Waals surface area contributed by atoms with E-state index in [-0.39, 0.29) is 6.04 Å². The van der Waals surface area contributed by atoms with Gasteiger partial charge in [-0.3, -0.25) is 15.2 Å². The average molecular weight is 391 g/mol. The molecule has 144 valence electrons. The van der Waals surface area contributed by atoms with Crippen molar-refractivity contribution in [1.29, 1.82) is 0 Å². The smallest absolute Gasteiger partial charge is 0.325 e. The minimum Gasteiger partial charge on any atom is -0.490 e. The van der Waals surface area contributed by atoms with E-state index < -0.39 is 6.03 Å². The number of piperazine rings is 1. The number of benzene rings is 1. The van der Waals surface area contributed by atoms with Gasteiger partial charge in [-0.05, 0) is 32.2 Å². The number of carbonyl (C=O) groups excluding carboxylic acids is 1. The second kappa shape index (κ2) is 8.98. The van der Waals surface area contributed by atoms with Gasteiger partial charge in [0, 0.05) is 24.7 Å². The summed E-state index contributed by atoms with van der Waals surface area (Å²) in [7, 11) is 2.08. The standard InChI is InChI=1S/C18H23ClN6O2/c1-12-8-22-17(10-21-12)24-18(26)23-15-7-13(19)3-4-16(15)27-11-14-9-20-5-6-25(14)2/h3-4,7-8,10,14,20H,5-6,9,11H2,1-2H3,(H2,22,23,24,26). The number of anilines is 2. The van der Waals surface area contributed by atoms with Crippen LogP contribution in [-0.2, 0) is 0 Å². The minimum absolute atomic E-state index is 0.263. The summed E-state index contributed by atoms with van der Waals surface area (Å²) in [5.41, 5.74) is 1.26. The van der Waals surface area contributed by atoms with E-state index >= 15 is 0 Å². The van der Waals surface area contributed by atoms with Gasteiger partial charge in [0.2, 0.25) is 0 Å². The number of carbonyl (C=O) groups is 1. The Bertz CT molecular complexity index is 786. The highest BCUT2D eigenvalue weighted by atomic mass is 35.5. The number of hydrogen-bond donors (Lipinski definition) is 3. The van der Waals surface area contributed by atoms with Crippen LogP contribution in [0.4, 0.5) is 16.3 Å². The lowest BCUT2D eigenvalue weighted by Crippen LogP contribution is -2.51.